The molecule has 0 saturated carbocycles. The molecule has 0 N–H and O–H groups in total. The zero-order chi connectivity index (χ0) is 32.0. The molecule has 0 saturated heterocycles. The van der Waals surface area contributed by atoms with Crippen LogP contribution in [-0.2, 0) is 5.41 Å². The Morgan fingerprint density at radius 2 is 1.06 bits per heavy atom. The zero-order valence-electron chi connectivity index (χ0n) is 26.3. The van der Waals surface area contributed by atoms with E-state index in [0.717, 1.165) is 55.9 Å². The first-order valence-electron chi connectivity index (χ1n) is 15.9. The van der Waals surface area contributed by atoms with E-state index in [-0.39, 0.29) is 5.41 Å². The number of nitriles is 1. The molecule has 8 rings (SSSR count). The Bertz CT molecular complexity index is 2310. The van der Waals surface area contributed by atoms with Crippen molar-refractivity contribution in [1.82, 2.24) is 9.97 Å². The zero-order valence-corrected chi connectivity index (χ0v) is 26.3. The van der Waals surface area contributed by atoms with Crippen molar-refractivity contribution in [1.29, 1.82) is 5.26 Å². The summed E-state index contributed by atoms with van der Waals surface area (Å²) in [5.74, 6) is 0.689. The topological polar surface area (TPSA) is 49.6 Å². The molecule has 3 heteroatoms. The fourth-order valence-corrected chi connectivity index (χ4v) is 6.92. The first-order chi connectivity index (χ1) is 23.0. The Labute approximate surface area is 275 Å². The van der Waals surface area contributed by atoms with Crippen molar-refractivity contribution in [3.8, 4) is 73.4 Å². The third-order valence-corrected chi connectivity index (χ3v) is 9.38. The number of hydrogen-bond donors (Lipinski definition) is 0. The third-order valence-electron chi connectivity index (χ3n) is 9.38. The maximum absolute atomic E-state index is 9.91. The molecular weight excluding hydrogens is 571 g/mol. The number of nitrogens with zero attached hydrogens (tertiary/aromatic N) is 3. The minimum atomic E-state index is -0.225. The molecule has 0 aliphatic heterocycles. The first kappa shape index (κ1) is 28.4. The van der Waals surface area contributed by atoms with Crippen molar-refractivity contribution >= 4 is 0 Å². The molecule has 0 radical (unpaired) electrons. The van der Waals surface area contributed by atoms with Gasteiger partial charge in [0.05, 0.1) is 23.0 Å². The predicted molar refractivity (Wildman–Crippen MR) is 191 cm³/mol. The molecule has 0 fully saturated rings. The highest BCUT2D eigenvalue weighted by molar-refractivity contribution is 5.90. The van der Waals surface area contributed by atoms with Gasteiger partial charge in [0, 0.05) is 27.7 Å². The predicted octanol–water partition coefficient (Wildman–Crippen LogP) is 11.0. The Balaban J connectivity index is 1.26. The van der Waals surface area contributed by atoms with Crippen molar-refractivity contribution in [3.63, 3.8) is 0 Å². The number of fused-ring (bicyclic) bond motifs is 3. The van der Waals surface area contributed by atoms with E-state index in [1.54, 1.807) is 0 Å². The average molecular weight is 602 g/mol. The summed E-state index contributed by atoms with van der Waals surface area (Å²) in [6, 6.07) is 54.9. The summed E-state index contributed by atoms with van der Waals surface area (Å²) >= 11 is 0. The second-order valence-corrected chi connectivity index (χ2v) is 12.5. The van der Waals surface area contributed by atoms with Crippen LogP contribution in [0.15, 0.2) is 152 Å². The minimum absolute atomic E-state index is 0.225. The monoisotopic (exact) mass is 601 g/mol. The highest BCUT2D eigenvalue weighted by Gasteiger charge is 2.37. The van der Waals surface area contributed by atoms with Crippen LogP contribution in [0.3, 0.4) is 0 Å². The number of rotatable bonds is 5. The lowest BCUT2D eigenvalue weighted by Gasteiger charge is -2.22. The van der Waals surface area contributed by atoms with E-state index in [2.05, 4.69) is 135 Å². The van der Waals surface area contributed by atoms with Crippen molar-refractivity contribution in [2.75, 3.05) is 0 Å². The van der Waals surface area contributed by atoms with Gasteiger partial charge in [0.2, 0.25) is 0 Å². The fraction of sp³-hybridized carbons (Fsp3) is 0.0682. The molecule has 7 aromatic rings. The van der Waals surface area contributed by atoms with Gasteiger partial charge < -0.3 is 0 Å². The number of benzene rings is 6. The second kappa shape index (κ2) is 11.4. The van der Waals surface area contributed by atoms with Gasteiger partial charge in [-0.1, -0.05) is 147 Å². The Hall–Kier alpha value is -6.11. The Kier molecular flexibility index (Phi) is 6.85. The lowest BCUT2D eigenvalue weighted by molar-refractivity contribution is 0.660. The largest absolute Gasteiger partial charge is 0.228 e. The van der Waals surface area contributed by atoms with Gasteiger partial charge in [0.1, 0.15) is 0 Å². The maximum atomic E-state index is 9.91. The average Bonchev–Trinajstić information content (AvgIpc) is 3.38. The van der Waals surface area contributed by atoms with Gasteiger partial charge in [0.25, 0.3) is 0 Å². The molecule has 0 spiro atoms. The number of aromatic nitrogens is 2. The van der Waals surface area contributed by atoms with E-state index in [1.165, 1.54) is 22.3 Å². The van der Waals surface area contributed by atoms with Gasteiger partial charge in [-0.15, -0.1) is 0 Å². The van der Waals surface area contributed by atoms with Crippen LogP contribution in [-0.4, -0.2) is 9.97 Å². The highest BCUT2D eigenvalue weighted by Crippen LogP contribution is 2.51. The molecule has 0 bridgehead atoms. The second-order valence-electron chi connectivity index (χ2n) is 12.5. The van der Waals surface area contributed by atoms with Gasteiger partial charge in [-0.2, -0.15) is 5.26 Å². The van der Waals surface area contributed by atoms with Gasteiger partial charge >= 0.3 is 0 Å². The maximum Gasteiger partial charge on any atom is 0.160 e. The van der Waals surface area contributed by atoms with Crippen LogP contribution < -0.4 is 0 Å². The van der Waals surface area contributed by atoms with Gasteiger partial charge in [-0.05, 0) is 57.1 Å². The first-order valence-corrected chi connectivity index (χ1v) is 15.9. The van der Waals surface area contributed by atoms with E-state index >= 15 is 0 Å². The standard InChI is InChI=1S/C44H31N3/c1-44(2)38-19-11-16-34(28-45)42(38)37-25-24-33(26-39(37)44)35-17-9-10-18-36(35)41-27-40(46-43(47-41)32-14-7-4-8-15-32)31-22-20-30(21-23-31)29-12-5-3-6-13-29/h3-27H,1-2H3. The summed E-state index contributed by atoms with van der Waals surface area (Å²) in [4.78, 5) is 10.2. The molecule has 1 heterocycles. The van der Waals surface area contributed by atoms with Crippen LogP contribution in [0.5, 0.6) is 0 Å². The molecule has 0 amide bonds. The van der Waals surface area contributed by atoms with Crippen LogP contribution in [0.4, 0.5) is 0 Å². The Morgan fingerprint density at radius 3 is 1.79 bits per heavy atom. The third kappa shape index (κ3) is 4.92. The molecule has 47 heavy (non-hydrogen) atoms. The number of hydrogen-bond acceptors (Lipinski definition) is 3. The van der Waals surface area contributed by atoms with E-state index in [9.17, 15) is 5.26 Å². The lowest BCUT2D eigenvalue weighted by atomic mass is 9.81. The molecule has 3 nitrogen and oxygen atoms in total. The van der Waals surface area contributed by atoms with E-state index in [0.29, 0.717) is 5.82 Å². The van der Waals surface area contributed by atoms with E-state index in [4.69, 9.17) is 9.97 Å². The summed E-state index contributed by atoms with van der Waals surface area (Å²) < 4.78 is 0. The van der Waals surface area contributed by atoms with Crippen LogP contribution >= 0.6 is 0 Å². The summed E-state index contributed by atoms with van der Waals surface area (Å²) in [5.41, 5.74) is 14.5. The summed E-state index contributed by atoms with van der Waals surface area (Å²) in [7, 11) is 0. The molecule has 6 aromatic carbocycles. The van der Waals surface area contributed by atoms with Crippen LogP contribution in [0.25, 0.3) is 67.3 Å². The van der Waals surface area contributed by atoms with Gasteiger partial charge in [0.15, 0.2) is 5.82 Å². The Morgan fingerprint density at radius 1 is 0.468 bits per heavy atom. The smallest absolute Gasteiger partial charge is 0.160 e. The van der Waals surface area contributed by atoms with Crippen molar-refractivity contribution < 1.29 is 0 Å². The summed E-state index contributed by atoms with van der Waals surface area (Å²) in [6.45, 7) is 4.50. The molecule has 222 valence electrons. The van der Waals surface area contributed by atoms with E-state index in [1.807, 2.05) is 36.4 Å². The van der Waals surface area contributed by atoms with Crippen molar-refractivity contribution in [3.05, 3.63) is 168 Å². The molecule has 0 unspecified atom stereocenters. The SMILES string of the molecule is CC1(C)c2cc(-c3ccccc3-c3cc(-c4ccc(-c5ccccc5)cc4)nc(-c4ccccc4)n3)ccc2-c2c(C#N)cccc21. The summed E-state index contributed by atoms with van der Waals surface area (Å²) in [5, 5.41) is 9.91. The normalized spacial score (nSPS) is 12.6. The quantitative estimate of drug-likeness (QED) is 0.197. The van der Waals surface area contributed by atoms with Gasteiger partial charge in [-0.25, -0.2) is 9.97 Å². The molecule has 1 aromatic heterocycles. The van der Waals surface area contributed by atoms with Crippen LogP contribution in [0.2, 0.25) is 0 Å². The van der Waals surface area contributed by atoms with Crippen LogP contribution in [0.1, 0.15) is 30.5 Å². The minimum Gasteiger partial charge on any atom is -0.228 e. The molecule has 1 aliphatic carbocycles. The summed E-state index contributed by atoms with van der Waals surface area (Å²) in [6.07, 6.45) is 0. The van der Waals surface area contributed by atoms with Crippen molar-refractivity contribution in [2.24, 2.45) is 0 Å². The highest BCUT2D eigenvalue weighted by atomic mass is 14.9. The lowest BCUT2D eigenvalue weighted by Crippen LogP contribution is -2.15. The molecular formula is C44H31N3. The van der Waals surface area contributed by atoms with Gasteiger partial charge in [-0.3, -0.25) is 0 Å². The molecule has 1 aliphatic rings. The van der Waals surface area contributed by atoms with Crippen molar-refractivity contribution in [2.45, 2.75) is 19.3 Å². The van der Waals surface area contributed by atoms with Crippen LogP contribution in [0, 0.1) is 11.3 Å². The fourth-order valence-electron chi connectivity index (χ4n) is 6.92. The van der Waals surface area contributed by atoms with E-state index < -0.39 is 0 Å². The molecule has 0 atom stereocenters.